The van der Waals surface area contributed by atoms with Crippen molar-refractivity contribution in [2.45, 2.75) is 12.7 Å². The Hall–Kier alpha value is -2.56. The summed E-state index contributed by atoms with van der Waals surface area (Å²) in [6, 6.07) is 13.7. The van der Waals surface area contributed by atoms with Gasteiger partial charge in [-0.2, -0.15) is 0 Å². The predicted octanol–water partition coefficient (Wildman–Crippen LogP) is 4.52. The molecule has 7 nitrogen and oxygen atoms in total. The van der Waals surface area contributed by atoms with Crippen LogP contribution >= 0.6 is 34.2 Å². The summed E-state index contributed by atoms with van der Waals surface area (Å²) < 4.78 is 1.05. The van der Waals surface area contributed by atoms with E-state index in [1.54, 1.807) is 12.7 Å². The monoisotopic (exact) mass is 515 g/mol. The topological polar surface area (TPSA) is 90.9 Å². The van der Waals surface area contributed by atoms with Crippen LogP contribution in [0.5, 0.6) is 0 Å². The summed E-state index contributed by atoms with van der Waals surface area (Å²) in [7, 11) is 0. The molecule has 3 heterocycles. The zero-order valence-corrected chi connectivity index (χ0v) is 17.9. The van der Waals surface area contributed by atoms with Crippen LogP contribution in [0.3, 0.4) is 0 Å². The maximum Gasteiger partial charge on any atom is 0.156 e. The lowest BCUT2D eigenvalue weighted by Gasteiger charge is -2.19. The van der Waals surface area contributed by atoms with E-state index in [-0.39, 0.29) is 6.17 Å². The molecule has 9 heteroatoms. The molecule has 0 radical (unpaired) electrons. The first-order chi connectivity index (χ1) is 14.2. The largest absolute Gasteiger partial charge is 0.344 e. The van der Waals surface area contributed by atoms with Crippen molar-refractivity contribution in [1.29, 1.82) is 0 Å². The van der Waals surface area contributed by atoms with Crippen molar-refractivity contribution >= 4 is 57.4 Å². The fraction of sp³-hybridized carbons (Fsp3) is 0.100. The van der Waals surface area contributed by atoms with E-state index in [1.165, 1.54) is 0 Å². The Labute approximate surface area is 185 Å². The van der Waals surface area contributed by atoms with Crippen molar-refractivity contribution in [3.63, 3.8) is 0 Å². The zero-order valence-electron chi connectivity index (χ0n) is 15.0. The number of rotatable bonds is 4. The predicted molar refractivity (Wildman–Crippen MR) is 123 cm³/mol. The van der Waals surface area contributed by atoms with Gasteiger partial charge in [0.25, 0.3) is 0 Å². The van der Waals surface area contributed by atoms with Gasteiger partial charge in [0.2, 0.25) is 0 Å². The van der Waals surface area contributed by atoms with Crippen molar-refractivity contribution in [3.8, 4) is 11.3 Å². The van der Waals surface area contributed by atoms with E-state index in [0.29, 0.717) is 11.6 Å². The molecule has 0 spiro atoms. The van der Waals surface area contributed by atoms with Crippen molar-refractivity contribution in [2.75, 3.05) is 5.32 Å². The molecular weight excluding hydrogens is 501 g/mol. The lowest BCUT2D eigenvalue weighted by Crippen LogP contribution is -2.25. The summed E-state index contributed by atoms with van der Waals surface area (Å²) in [5.74, 6) is 0.767. The minimum Gasteiger partial charge on any atom is -0.344 e. The molecule has 1 atom stereocenters. The van der Waals surface area contributed by atoms with Gasteiger partial charge in [0.05, 0.1) is 40.3 Å². The van der Waals surface area contributed by atoms with E-state index >= 15 is 0 Å². The van der Waals surface area contributed by atoms with Gasteiger partial charge in [-0.3, -0.25) is 10.3 Å². The summed E-state index contributed by atoms with van der Waals surface area (Å²) in [6.45, 7) is 0.467. The standard InChI is InChI=1S/C20H15ClIN7/c21-12-5-2-1-4-11(12)16-15(29-17-13(22)6-3-7-14(17)28-16)8-23-19-18-20(25-9-24-18)27-10-26-19/h1-7,9-10,19,23H,8H2,(H,24,25)(H,26,27). The van der Waals surface area contributed by atoms with Crippen LogP contribution in [-0.4, -0.2) is 26.3 Å². The second kappa shape index (κ2) is 7.69. The van der Waals surface area contributed by atoms with Gasteiger partial charge in [-0.1, -0.05) is 35.9 Å². The Morgan fingerprint density at radius 2 is 2.00 bits per heavy atom. The fourth-order valence-electron chi connectivity index (χ4n) is 3.29. The van der Waals surface area contributed by atoms with Crippen molar-refractivity contribution in [3.05, 3.63) is 68.8 Å². The molecule has 1 aliphatic heterocycles. The quantitative estimate of drug-likeness (QED) is 0.348. The second-order valence-electron chi connectivity index (χ2n) is 6.48. The van der Waals surface area contributed by atoms with E-state index in [0.717, 1.165) is 43.1 Å². The Balaban J connectivity index is 1.57. The maximum absolute atomic E-state index is 6.48. The van der Waals surface area contributed by atoms with Crippen LogP contribution in [0.2, 0.25) is 5.02 Å². The average Bonchev–Trinajstić information content (AvgIpc) is 3.22. The number of H-pyrrole nitrogens is 1. The van der Waals surface area contributed by atoms with E-state index in [4.69, 9.17) is 21.6 Å². The molecular formula is C20H15ClIN7. The first-order valence-corrected chi connectivity index (χ1v) is 10.4. The number of fused-ring (bicyclic) bond motifs is 2. The van der Waals surface area contributed by atoms with Gasteiger partial charge in [-0.05, 0) is 40.8 Å². The lowest BCUT2D eigenvalue weighted by atomic mass is 10.1. The van der Waals surface area contributed by atoms with Gasteiger partial charge in [-0.25, -0.2) is 15.0 Å². The molecule has 144 valence electrons. The minimum absolute atomic E-state index is 0.250. The number of aromatic nitrogens is 4. The SMILES string of the molecule is Clc1ccccc1-c1nc2cccc(I)c2nc1CNC1N=CNc2nc[nH]c21. The highest BCUT2D eigenvalue weighted by molar-refractivity contribution is 14.1. The number of aromatic amines is 1. The Morgan fingerprint density at radius 3 is 2.90 bits per heavy atom. The van der Waals surface area contributed by atoms with Crippen LogP contribution in [0.4, 0.5) is 5.82 Å². The summed E-state index contributed by atoms with van der Waals surface area (Å²) >= 11 is 8.76. The molecule has 4 aromatic rings. The molecule has 2 aromatic heterocycles. The third-order valence-corrected chi connectivity index (χ3v) is 5.88. The number of nitrogens with one attached hydrogen (secondary N) is 3. The van der Waals surface area contributed by atoms with Crippen molar-refractivity contribution in [2.24, 2.45) is 4.99 Å². The number of hydrogen-bond acceptors (Lipinski definition) is 6. The van der Waals surface area contributed by atoms with Crippen LogP contribution in [0.15, 0.2) is 53.8 Å². The van der Waals surface area contributed by atoms with Gasteiger partial charge < -0.3 is 10.3 Å². The summed E-state index contributed by atoms with van der Waals surface area (Å²) in [5, 5.41) is 7.11. The van der Waals surface area contributed by atoms with Gasteiger partial charge in [0.1, 0.15) is 11.7 Å². The van der Waals surface area contributed by atoms with Crippen LogP contribution in [0.1, 0.15) is 17.6 Å². The Morgan fingerprint density at radius 1 is 1.10 bits per heavy atom. The summed E-state index contributed by atoms with van der Waals surface area (Å²) in [4.78, 5) is 21.7. The highest BCUT2D eigenvalue weighted by atomic mass is 127. The molecule has 1 unspecified atom stereocenters. The van der Waals surface area contributed by atoms with Gasteiger partial charge in [0, 0.05) is 15.7 Å². The number of para-hydroxylation sites is 1. The summed E-state index contributed by atoms with van der Waals surface area (Å²) in [5.41, 5.74) is 5.03. The number of hydrogen-bond donors (Lipinski definition) is 3. The molecule has 0 saturated carbocycles. The molecule has 2 aromatic carbocycles. The Kier molecular flexibility index (Phi) is 4.90. The van der Waals surface area contributed by atoms with Crippen molar-refractivity contribution in [1.82, 2.24) is 25.3 Å². The molecule has 1 aliphatic rings. The lowest BCUT2D eigenvalue weighted by molar-refractivity contribution is 0.539. The van der Waals surface area contributed by atoms with Gasteiger partial charge in [0.15, 0.2) is 5.82 Å². The highest BCUT2D eigenvalue weighted by Gasteiger charge is 2.21. The van der Waals surface area contributed by atoms with Gasteiger partial charge in [-0.15, -0.1) is 0 Å². The number of imidazole rings is 1. The third-order valence-electron chi connectivity index (χ3n) is 4.68. The van der Waals surface area contributed by atoms with Crippen molar-refractivity contribution < 1.29 is 0 Å². The van der Waals surface area contributed by atoms with Crippen LogP contribution in [0.25, 0.3) is 22.3 Å². The summed E-state index contributed by atoms with van der Waals surface area (Å²) in [6.07, 6.45) is 3.04. The highest BCUT2D eigenvalue weighted by Crippen LogP contribution is 2.31. The fourth-order valence-corrected chi connectivity index (χ4v) is 4.12. The molecule has 0 aliphatic carbocycles. The number of halogens is 2. The van der Waals surface area contributed by atoms with Crippen LogP contribution < -0.4 is 10.6 Å². The minimum atomic E-state index is -0.250. The van der Waals surface area contributed by atoms with Crippen LogP contribution in [0, 0.1) is 3.57 Å². The first kappa shape index (κ1) is 18.5. The average molecular weight is 516 g/mol. The van der Waals surface area contributed by atoms with E-state index in [1.807, 2.05) is 42.5 Å². The maximum atomic E-state index is 6.48. The zero-order chi connectivity index (χ0) is 19.8. The van der Waals surface area contributed by atoms with E-state index < -0.39 is 0 Å². The number of benzene rings is 2. The third kappa shape index (κ3) is 3.47. The normalized spacial score (nSPS) is 15.3. The Bertz CT molecular complexity index is 1240. The molecule has 0 amide bonds. The first-order valence-electron chi connectivity index (χ1n) is 8.95. The second-order valence-corrected chi connectivity index (χ2v) is 8.05. The molecule has 29 heavy (non-hydrogen) atoms. The number of anilines is 1. The van der Waals surface area contributed by atoms with E-state index in [9.17, 15) is 0 Å². The molecule has 0 saturated heterocycles. The van der Waals surface area contributed by atoms with E-state index in [2.05, 4.69) is 48.2 Å². The molecule has 3 N–H and O–H groups in total. The number of nitrogens with zero attached hydrogens (tertiary/aromatic N) is 4. The molecule has 0 fully saturated rings. The van der Waals surface area contributed by atoms with Gasteiger partial charge >= 0.3 is 0 Å². The van der Waals surface area contributed by atoms with Crippen LogP contribution in [-0.2, 0) is 6.54 Å². The molecule has 5 rings (SSSR count). The number of aliphatic imine (C=N–C) groups is 1. The molecule has 0 bridgehead atoms. The smallest absolute Gasteiger partial charge is 0.156 e.